The van der Waals surface area contributed by atoms with Crippen molar-refractivity contribution in [2.45, 2.75) is 20.0 Å². The molecular weight excluding hydrogens is 279 g/mol. The van der Waals surface area contributed by atoms with E-state index < -0.39 is 7.60 Å². The monoisotopic (exact) mass is 302 g/mol. The van der Waals surface area contributed by atoms with Crippen LogP contribution in [0.15, 0.2) is 24.3 Å². The first-order valence-corrected chi connectivity index (χ1v) is 8.45. The molecule has 1 aromatic carbocycles. The van der Waals surface area contributed by atoms with Crippen LogP contribution in [0, 0.1) is 0 Å². The fraction of sp³-hybridized carbons (Fsp3) is 0.571. The first kappa shape index (κ1) is 17.2. The summed E-state index contributed by atoms with van der Waals surface area (Å²) in [6.07, 6.45) is 0.271. The molecule has 0 bridgehead atoms. The van der Waals surface area contributed by atoms with Crippen LogP contribution in [-0.4, -0.2) is 33.5 Å². The molecule has 1 rings (SSSR count). The van der Waals surface area contributed by atoms with Gasteiger partial charge < -0.3 is 18.5 Å². The van der Waals surface area contributed by atoms with Crippen LogP contribution in [0.1, 0.15) is 19.4 Å². The summed E-state index contributed by atoms with van der Waals surface area (Å²) >= 11 is 0. The second-order valence-corrected chi connectivity index (χ2v) is 6.14. The Morgan fingerprint density at radius 1 is 1.00 bits per heavy atom. The van der Waals surface area contributed by atoms with Gasteiger partial charge in [0, 0.05) is 7.11 Å². The molecule has 0 atom stereocenters. The lowest BCUT2D eigenvalue weighted by atomic mass is 10.2. The first-order valence-electron chi connectivity index (χ1n) is 6.72. The minimum absolute atomic E-state index is 0.271. The van der Waals surface area contributed by atoms with E-state index in [1.165, 1.54) is 0 Å². The lowest BCUT2D eigenvalue weighted by molar-refractivity contribution is 0.146. The maximum Gasteiger partial charge on any atom is 0.335 e. The van der Waals surface area contributed by atoms with Gasteiger partial charge in [0.2, 0.25) is 0 Å². The number of ether oxygens (including phenoxy) is 2. The predicted molar refractivity (Wildman–Crippen MR) is 78.4 cm³/mol. The molecule has 0 aliphatic carbocycles. The Morgan fingerprint density at radius 3 is 2.10 bits per heavy atom. The average molecular weight is 302 g/mol. The zero-order valence-electron chi connectivity index (χ0n) is 12.3. The number of hydrogen-bond donors (Lipinski definition) is 0. The van der Waals surface area contributed by atoms with E-state index in [4.69, 9.17) is 18.5 Å². The van der Waals surface area contributed by atoms with E-state index in [9.17, 15) is 4.57 Å². The Labute approximate surface area is 120 Å². The van der Waals surface area contributed by atoms with Crippen molar-refractivity contribution in [2.75, 3.05) is 33.5 Å². The van der Waals surface area contributed by atoms with Gasteiger partial charge in [0.1, 0.15) is 12.4 Å². The SMILES string of the molecule is CCOP(=O)(Cc1ccc(OCCOC)cc1)OCC. The van der Waals surface area contributed by atoms with Crippen molar-refractivity contribution < 1.29 is 23.1 Å². The van der Waals surface area contributed by atoms with Gasteiger partial charge in [-0.2, -0.15) is 0 Å². The summed E-state index contributed by atoms with van der Waals surface area (Å²) in [5.41, 5.74) is 0.898. The van der Waals surface area contributed by atoms with Crippen LogP contribution in [0.3, 0.4) is 0 Å². The molecule has 0 N–H and O–H groups in total. The largest absolute Gasteiger partial charge is 0.491 e. The van der Waals surface area contributed by atoms with E-state index in [2.05, 4.69) is 0 Å². The summed E-state index contributed by atoms with van der Waals surface area (Å²) in [5.74, 6) is 0.758. The van der Waals surface area contributed by atoms with E-state index in [1.807, 2.05) is 24.3 Å². The maximum atomic E-state index is 12.4. The minimum atomic E-state index is -3.04. The number of rotatable bonds is 10. The van der Waals surface area contributed by atoms with E-state index in [-0.39, 0.29) is 6.16 Å². The van der Waals surface area contributed by atoms with Gasteiger partial charge in [0.25, 0.3) is 0 Å². The van der Waals surface area contributed by atoms with E-state index in [0.717, 1.165) is 11.3 Å². The van der Waals surface area contributed by atoms with Crippen molar-refractivity contribution >= 4 is 7.60 Å². The number of hydrogen-bond acceptors (Lipinski definition) is 5. The van der Waals surface area contributed by atoms with Crippen LogP contribution in [-0.2, 0) is 24.5 Å². The molecule has 6 heteroatoms. The Bertz CT molecular complexity index is 408. The molecule has 20 heavy (non-hydrogen) atoms. The van der Waals surface area contributed by atoms with E-state index >= 15 is 0 Å². The molecule has 114 valence electrons. The third-order valence-corrected chi connectivity index (χ3v) is 4.56. The molecule has 0 amide bonds. The molecule has 0 aliphatic rings. The molecule has 5 nitrogen and oxygen atoms in total. The summed E-state index contributed by atoms with van der Waals surface area (Å²) in [6, 6.07) is 7.42. The second kappa shape index (κ2) is 9.14. The van der Waals surface area contributed by atoms with Crippen LogP contribution in [0.4, 0.5) is 0 Å². The minimum Gasteiger partial charge on any atom is -0.491 e. The van der Waals surface area contributed by atoms with Gasteiger partial charge in [-0.3, -0.25) is 4.57 Å². The van der Waals surface area contributed by atoms with Gasteiger partial charge in [0.05, 0.1) is 26.0 Å². The van der Waals surface area contributed by atoms with Gasteiger partial charge in [-0.15, -0.1) is 0 Å². The zero-order valence-corrected chi connectivity index (χ0v) is 13.2. The first-order chi connectivity index (χ1) is 9.63. The smallest absolute Gasteiger partial charge is 0.335 e. The molecule has 0 saturated heterocycles. The lowest BCUT2D eigenvalue weighted by Gasteiger charge is -2.17. The summed E-state index contributed by atoms with van der Waals surface area (Å²) in [5, 5.41) is 0. The second-order valence-electron chi connectivity index (χ2n) is 4.09. The Kier molecular flexibility index (Phi) is 7.85. The third-order valence-electron chi connectivity index (χ3n) is 2.51. The van der Waals surface area contributed by atoms with Crippen molar-refractivity contribution in [1.29, 1.82) is 0 Å². The molecule has 0 heterocycles. The summed E-state index contributed by atoms with van der Waals surface area (Å²) in [4.78, 5) is 0. The number of benzene rings is 1. The van der Waals surface area contributed by atoms with Crippen molar-refractivity contribution in [3.8, 4) is 5.75 Å². The highest BCUT2D eigenvalue weighted by molar-refractivity contribution is 7.53. The van der Waals surface area contributed by atoms with Crippen LogP contribution < -0.4 is 4.74 Å². The molecule has 1 aromatic rings. The Balaban J connectivity index is 2.61. The quantitative estimate of drug-likeness (QED) is 0.489. The molecule has 0 saturated carbocycles. The highest BCUT2D eigenvalue weighted by atomic mass is 31.2. The molecule has 0 radical (unpaired) electrons. The third kappa shape index (κ3) is 6.06. The van der Waals surface area contributed by atoms with Crippen molar-refractivity contribution in [3.63, 3.8) is 0 Å². The number of methoxy groups -OCH3 is 1. The highest BCUT2D eigenvalue weighted by Crippen LogP contribution is 2.51. The van der Waals surface area contributed by atoms with E-state index in [1.54, 1.807) is 21.0 Å². The van der Waals surface area contributed by atoms with Crippen LogP contribution in [0.2, 0.25) is 0 Å². The predicted octanol–water partition coefficient (Wildman–Crippen LogP) is 3.48. The van der Waals surface area contributed by atoms with Crippen LogP contribution in [0.5, 0.6) is 5.75 Å². The molecule has 0 unspecified atom stereocenters. The van der Waals surface area contributed by atoms with Crippen LogP contribution in [0.25, 0.3) is 0 Å². The molecule has 0 aliphatic heterocycles. The van der Waals surface area contributed by atoms with Crippen molar-refractivity contribution in [1.82, 2.24) is 0 Å². The zero-order chi connectivity index (χ0) is 14.8. The highest BCUT2D eigenvalue weighted by Gasteiger charge is 2.23. The lowest BCUT2D eigenvalue weighted by Crippen LogP contribution is -2.04. The molecule has 0 fully saturated rings. The van der Waals surface area contributed by atoms with E-state index in [0.29, 0.717) is 26.4 Å². The summed E-state index contributed by atoms with van der Waals surface area (Å²) in [7, 11) is -1.41. The topological polar surface area (TPSA) is 54.0 Å². The van der Waals surface area contributed by atoms with Gasteiger partial charge >= 0.3 is 7.60 Å². The van der Waals surface area contributed by atoms with Gasteiger partial charge in [0.15, 0.2) is 0 Å². The summed E-state index contributed by atoms with van der Waals surface area (Å²) < 4.78 is 33.3. The Hall–Kier alpha value is -0.870. The molecular formula is C14H23O5P. The molecule has 0 spiro atoms. The van der Waals surface area contributed by atoms with Crippen molar-refractivity contribution in [2.24, 2.45) is 0 Å². The van der Waals surface area contributed by atoms with Gasteiger partial charge in [-0.25, -0.2) is 0 Å². The van der Waals surface area contributed by atoms with Gasteiger partial charge in [-0.05, 0) is 31.5 Å². The molecule has 0 aromatic heterocycles. The van der Waals surface area contributed by atoms with Gasteiger partial charge in [-0.1, -0.05) is 12.1 Å². The fourth-order valence-electron chi connectivity index (χ4n) is 1.68. The standard InChI is InChI=1S/C14H23O5P/c1-4-18-20(15,19-5-2)12-13-6-8-14(9-7-13)17-11-10-16-3/h6-9H,4-5,10-12H2,1-3H3. The fourth-order valence-corrected chi connectivity index (χ4v) is 3.38. The average Bonchev–Trinajstić information content (AvgIpc) is 2.41. The normalized spacial score (nSPS) is 11.6. The Morgan fingerprint density at radius 2 is 1.60 bits per heavy atom. The summed E-state index contributed by atoms with van der Waals surface area (Å²) in [6.45, 7) is 5.40. The van der Waals surface area contributed by atoms with Crippen LogP contribution >= 0.6 is 7.60 Å². The van der Waals surface area contributed by atoms with Crippen molar-refractivity contribution in [3.05, 3.63) is 29.8 Å². The maximum absolute atomic E-state index is 12.4.